The molecule has 0 radical (unpaired) electrons. The molecule has 3 rings (SSSR count). The first kappa shape index (κ1) is 15.7. The van der Waals surface area contributed by atoms with Crippen LogP contribution in [0.4, 0.5) is 0 Å². The van der Waals surface area contributed by atoms with E-state index in [0.29, 0.717) is 5.69 Å². The summed E-state index contributed by atoms with van der Waals surface area (Å²) in [7, 11) is 1.71. The Hall–Kier alpha value is -2.18. The van der Waals surface area contributed by atoms with Crippen molar-refractivity contribution in [1.29, 1.82) is 0 Å². The molecule has 6 heteroatoms. The van der Waals surface area contributed by atoms with Gasteiger partial charge in [-0.15, -0.1) is 0 Å². The normalized spacial score (nSPS) is 18.2. The lowest BCUT2D eigenvalue weighted by Gasteiger charge is -2.15. The fourth-order valence-corrected chi connectivity index (χ4v) is 2.83. The van der Waals surface area contributed by atoms with E-state index in [4.69, 9.17) is 4.74 Å². The van der Waals surface area contributed by atoms with Gasteiger partial charge in [0.25, 0.3) is 5.91 Å². The van der Waals surface area contributed by atoms with Gasteiger partial charge < -0.3 is 10.1 Å². The number of likely N-dealkylation sites (tertiary alicyclic amines) is 1. The van der Waals surface area contributed by atoms with Crippen LogP contribution in [0.3, 0.4) is 0 Å². The van der Waals surface area contributed by atoms with Gasteiger partial charge in [-0.3, -0.25) is 14.8 Å². The molecule has 2 N–H and O–H groups in total. The SMILES string of the molecule is COCCN1CCC(NC(=O)c2cc(-c3ccccc3)n[nH]2)C1. The van der Waals surface area contributed by atoms with E-state index in [2.05, 4.69) is 20.4 Å². The lowest BCUT2D eigenvalue weighted by molar-refractivity contribution is 0.0931. The van der Waals surface area contributed by atoms with Gasteiger partial charge >= 0.3 is 0 Å². The van der Waals surface area contributed by atoms with Gasteiger partial charge in [0.15, 0.2) is 0 Å². The summed E-state index contributed by atoms with van der Waals surface area (Å²) < 4.78 is 5.09. The number of nitrogens with zero attached hydrogens (tertiary/aromatic N) is 2. The molecule has 1 amide bonds. The molecule has 1 aromatic carbocycles. The lowest BCUT2D eigenvalue weighted by Crippen LogP contribution is -2.37. The van der Waals surface area contributed by atoms with E-state index < -0.39 is 0 Å². The highest BCUT2D eigenvalue weighted by molar-refractivity contribution is 5.93. The molecule has 1 aliphatic rings. The second-order valence-electron chi connectivity index (χ2n) is 5.79. The van der Waals surface area contributed by atoms with E-state index >= 15 is 0 Å². The maximum absolute atomic E-state index is 12.3. The summed E-state index contributed by atoms with van der Waals surface area (Å²) in [6.45, 7) is 3.49. The summed E-state index contributed by atoms with van der Waals surface area (Å²) in [5.41, 5.74) is 2.28. The number of amides is 1. The van der Waals surface area contributed by atoms with Crippen LogP contribution in [0.2, 0.25) is 0 Å². The van der Waals surface area contributed by atoms with Crippen LogP contribution < -0.4 is 5.32 Å². The number of rotatable bonds is 6. The van der Waals surface area contributed by atoms with Crippen molar-refractivity contribution in [1.82, 2.24) is 20.4 Å². The summed E-state index contributed by atoms with van der Waals surface area (Å²) in [5.74, 6) is -0.0988. The fraction of sp³-hybridized carbons (Fsp3) is 0.412. The monoisotopic (exact) mass is 314 g/mol. The van der Waals surface area contributed by atoms with Crippen molar-refractivity contribution >= 4 is 5.91 Å². The highest BCUT2D eigenvalue weighted by Crippen LogP contribution is 2.17. The van der Waals surface area contributed by atoms with Crippen molar-refractivity contribution in [2.45, 2.75) is 12.5 Å². The van der Waals surface area contributed by atoms with Crippen LogP contribution in [0.5, 0.6) is 0 Å². The zero-order chi connectivity index (χ0) is 16.1. The van der Waals surface area contributed by atoms with E-state index in [-0.39, 0.29) is 11.9 Å². The van der Waals surface area contributed by atoms with Gasteiger partial charge in [0.2, 0.25) is 0 Å². The average molecular weight is 314 g/mol. The number of nitrogens with one attached hydrogen (secondary N) is 2. The van der Waals surface area contributed by atoms with Gasteiger partial charge in [-0.2, -0.15) is 5.10 Å². The molecule has 2 heterocycles. The van der Waals surface area contributed by atoms with Crippen molar-refractivity contribution in [3.05, 3.63) is 42.1 Å². The molecule has 2 aromatic rings. The number of carbonyl (C=O) groups is 1. The molecular weight excluding hydrogens is 292 g/mol. The summed E-state index contributed by atoms with van der Waals surface area (Å²) in [6, 6.07) is 11.8. The zero-order valence-corrected chi connectivity index (χ0v) is 13.3. The Balaban J connectivity index is 1.56. The number of H-pyrrole nitrogens is 1. The number of aromatic amines is 1. The summed E-state index contributed by atoms with van der Waals surface area (Å²) >= 11 is 0. The maximum Gasteiger partial charge on any atom is 0.269 e. The Labute approximate surface area is 135 Å². The van der Waals surface area contributed by atoms with Crippen molar-refractivity contribution in [3.63, 3.8) is 0 Å². The minimum atomic E-state index is -0.0988. The standard InChI is InChI=1S/C17H22N4O2/c1-23-10-9-21-8-7-14(12-21)18-17(22)16-11-15(19-20-16)13-5-3-2-4-6-13/h2-6,11,14H,7-10,12H2,1H3,(H,18,22)(H,19,20). The number of hydrogen-bond donors (Lipinski definition) is 2. The summed E-state index contributed by atoms with van der Waals surface area (Å²) in [6.07, 6.45) is 0.967. The van der Waals surface area contributed by atoms with Crippen LogP contribution in [-0.4, -0.2) is 60.4 Å². The highest BCUT2D eigenvalue weighted by Gasteiger charge is 2.24. The third-order valence-corrected chi connectivity index (χ3v) is 4.11. The van der Waals surface area contributed by atoms with Crippen LogP contribution in [0.1, 0.15) is 16.9 Å². The van der Waals surface area contributed by atoms with Crippen LogP contribution in [0.25, 0.3) is 11.3 Å². The predicted octanol–water partition coefficient (Wildman–Crippen LogP) is 1.53. The Bertz CT molecular complexity index is 641. The van der Waals surface area contributed by atoms with Crippen LogP contribution in [0.15, 0.2) is 36.4 Å². The predicted molar refractivity (Wildman–Crippen MR) is 88.2 cm³/mol. The largest absolute Gasteiger partial charge is 0.383 e. The summed E-state index contributed by atoms with van der Waals surface area (Å²) in [4.78, 5) is 14.6. The summed E-state index contributed by atoms with van der Waals surface area (Å²) in [5, 5.41) is 10.1. The topological polar surface area (TPSA) is 70.2 Å². The van der Waals surface area contributed by atoms with Gasteiger partial charge in [-0.05, 0) is 12.5 Å². The minimum absolute atomic E-state index is 0.0988. The second-order valence-corrected chi connectivity index (χ2v) is 5.79. The number of ether oxygens (including phenoxy) is 1. The van der Waals surface area contributed by atoms with Crippen LogP contribution in [-0.2, 0) is 4.74 Å². The van der Waals surface area contributed by atoms with Gasteiger partial charge in [-0.1, -0.05) is 30.3 Å². The van der Waals surface area contributed by atoms with Crippen molar-refractivity contribution in [2.75, 3.05) is 33.4 Å². The van der Waals surface area contributed by atoms with Crippen LogP contribution in [0, 0.1) is 0 Å². The number of aromatic nitrogens is 2. The Kier molecular flexibility index (Phi) is 5.05. The maximum atomic E-state index is 12.3. The number of benzene rings is 1. The molecule has 122 valence electrons. The zero-order valence-electron chi connectivity index (χ0n) is 13.3. The van der Waals surface area contributed by atoms with E-state index in [9.17, 15) is 4.79 Å². The molecule has 0 spiro atoms. The van der Waals surface area contributed by atoms with E-state index in [0.717, 1.165) is 43.9 Å². The van der Waals surface area contributed by atoms with Gasteiger partial charge in [0, 0.05) is 38.3 Å². The Morgan fingerprint density at radius 2 is 2.26 bits per heavy atom. The van der Waals surface area contributed by atoms with Gasteiger partial charge in [0.05, 0.1) is 12.3 Å². The smallest absolute Gasteiger partial charge is 0.269 e. The first-order valence-electron chi connectivity index (χ1n) is 7.89. The molecule has 23 heavy (non-hydrogen) atoms. The Morgan fingerprint density at radius 3 is 3.04 bits per heavy atom. The quantitative estimate of drug-likeness (QED) is 0.848. The first-order valence-corrected chi connectivity index (χ1v) is 7.89. The van der Waals surface area contributed by atoms with E-state index in [1.807, 2.05) is 30.3 Å². The molecular formula is C17H22N4O2. The first-order chi connectivity index (χ1) is 11.3. The molecule has 0 saturated carbocycles. The highest BCUT2D eigenvalue weighted by atomic mass is 16.5. The van der Waals surface area contributed by atoms with Crippen LogP contribution >= 0.6 is 0 Å². The van der Waals surface area contributed by atoms with Crippen molar-refractivity contribution in [3.8, 4) is 11.3 Å². The molecule has 1 saturated heterocycles. The molecule has 6 nitrogen and oxygen atoms in total. The lowest BCUT2D eigenvalue weighted by atomic mass is 10.1. The minimum Gasteiger partial charge on any atom is -0.383 e. The third kappa shape index (κ3) is 3.97. The number of hydrogen-bond acceptors (Lipinski definition) is 4. The van der Waals surface area contributed by atoms with Gasteiger partial charge in [-0.25, -0.2) is 0 Å². The number of methoxy groups -OCH3 is 1. The molecule has 1 fully saturated rings. The Morgan fingerprint density at radius 1 is 1.43 bits per heavy atom. The second kappa shape index (κ2) is 7.39. The van der Waals surface area contributed by atoms with Crippen molar-refractivity contribution < 1.29 is 9.53 Å². The third-order valence-electron chi connectivity index (χ3n) is 4.11. The fourth-order valence-electron chi connectivity index (χ4n) is 2.83. The van der Waals surface area contributed by atoms with E-state index in [1.54, 1.807) is 13.2 Å². The van der Waals surface area contributed by atoms with E-state index in [1.165, 1.54) is 0 Å². The molecule has 0 aliphatic carbocycles. The van der Waals surface area contributed by atoms with Crippen molar-refractivity contribution in [2.24, 2.45) is 0 Å². The average Bonchev–Trinajstić information content (AvgIpc) is 3.23. The molecule has 1 atom stereocenters. The molecule has 1 aromatic heterocycles. The van der Waals surface area contributed by atoms with Gasteiger partial charge in [0.1, 0.15) is 5.69 Å². The molecule has 1 aliphatic heterocycles. The number of carbonyl (C=O) groups excluding carboxylic acids is 1. The molecule has 1 unspecified atom stereocenters. The molecule has 0 bridgehead atoms.